The third-order valence-corrected chi connectivity index (χ3v) is 9.85. The van der Waals surface area contributed by atoms with Gasteiger partial charge in [-0.1, -0.05) is 44.2 Å². The maximum absolute atomic E-state index is 14.1. The number of hydrogen-bond donors (Lipinski definition) is 3. The first kappa shape index (κ1) is 26.0. The Kier molecular flexibility index (Phi) is 6.77. The van der Waals surface area contributed by atoms with Gasteiger partial charge in [-0.15, -0.1) is 11.8 Å². The lowest BCUT2D eigenvalue weighted by Gasteiger charge is -2.39. The van der Waals surface area contributed by atoms with Crippen LogP contribution in [0.5, 0.6) is 0 Å². The van der Waals surface area contributed by atoms with Crippen molar-refractivity contribution in [1.29, 1.82) is 0 Å². The summed E-state index contributed by atoms with van der Waals surface area (Å²) in [6, 6.07) is 8.51. The fourth-order valence-electron chi connectivity index (χ4n) is 6.37. The Morgan fingerprint density at radius 1 is 1.17 bits per heavy atom. The number of hydrogen-bond acceptors (Lipinski definition) is 5. The Morgan fingerprint density at radius 2 is 1.83 bits per heavy atom. The van der Waals surface area contributed by atoms with Gasteiger partial charge in [0.15, 0.2) is 0 Å². The van der Waals surface area contributed by atoms with Crippen LogP contribution in [0.25, 0.3) is 0 Å². The van der Waals surface area contributed by atoms with Crippen molar-refractivity contribution in [2.45, 2.75) is 88.0 Å². The monoisotopic (exact) mass is 501 g/mol. The van der Waals surface area contributed by atoms with Gasteiger partial charge in [0.2, 0.25) is 17.7 Å². The highest BCUT2D eigenvalue weighted by molar-refractivity contribution is 8.02. The van der Waals surface area contributed by atoms with E-state index in [9.17, 15) is 19.5 Å². The Morgan fingerprint density at radius 3 is 2.40 bits per heavy atom. The molecule has 3 aliphatic rings. The molecule has 3 amide bonds. The van der Waals surface area contributed by atoms with Crippen molar-refractivity contribution in [3.8, 4) is 0 Å². The average molecular weight is 502 g/mol. The minimum atomic E-state index is -0.725. The van der Waals surface area contributed by atoms with Crippen LogP contribution >= 0.6 is 11.8 Å². The lowest BCUT2D eigenvalue weighted by molar-refractivity contribution is -0.144. The number of thioether (sulfide) groups is 1. The van der Waals surface area contributed by atoms with E-state index in [1.165, 1.54) is 0 Å². The van der Waals surface area contributed by atoms with E-state index in [1.54, 1.807) is 16.7 Å². The quantitative estimate of drug-likeness (QED) is 0.534. The smallest absolute Gasteiger partial charge is 0.244 e. The van der Waals surface area contributed by atoms with Crippen LogP contribution in [-0.2, 0) is 20.9 Å². The number of amides is 3. The van der Waals surface area contributed by atoms with Crippen molar-refractivity contribution in [3.05, 3.63) is 35.9 Å². The second-order valence-electron chi connectivity index (χ2n) is 11.9. The summed E-state index contributed by atoms with van der Waals surface area (Å²) in [5.41, 5.74) is 0.531. The van der Waals surface area contributed by atoms with Gasteiger partial charge in [0.1, 0.15) is 6.04 Å². The molecule has 0 saturated carbocycles. The molecule has 6 atom stereocenters. The molecule has 3 fully saturated rings. The van der Waals surface area contributed by atoms with Crippen LogP contribution in [0.1, 0.15) is 59.9 Å². The molecule has 4 rings (SSSR count). The van der Waals surface area contributed by atoms with Crippen LogP contribution in [0.4, 0.5) is 0 Å². The highest BCUT2D eigenvalue weighted by Gasteiger charge is 2.77. The number of carbonyl (C=O) groups is 3. The summed E-state index contributed by atoms with van der Waals surface area (Å²) in [6.07, 6.45) is 1.46. The number of fused-ring (bicyclic) bond motifs is 1. The molecule has 1 aromatic carbocycles. The van der Waals surface area contributed by atoms with Gasteiger partial charge < -0.3 is 20.6 Å². The minimum absolute atomic E-state index is 0.0349. The molecule has 2 bridgehead atoms. The summed E-state index contributed by atoms with van der Waals surface area (Å²) in [7, 11) is 0. The van der Waals surface area contributed by atoms with Gasteiger partial charge in [0, 0.05) is 16.8 Å². The van der Waals surface area contributed by atoms with E-state index in [2.05, 4.69) is 17.6 Å². The second-order valence-corrected chi connectivity index (χ2v) is 13.8. The zero-order chi connectivity index (χ0) is 25.8. The molecule has 0 radical (unpaired) electrons. The maximum Gasteiger partial charge on any atom is 0.244 e. The molecule has 3 aliphatic heterocycles. The van der Waals surface area contributed by atoms with E-state index in [0.717, 1.165) is 12.0 Å². The lowest BCUT2D eigenvalue weighted by atomic mass is 9.66. The summed E-state index contributed by atoms with van der Waals surface area (Å²) in [4.78, 5) is 43.2. The summed E-state index contributed by atoms with van der Waals surface area (Å²) in [6.45, 7) is 11.9. The first-order valence-corrected chi connectivity index (χ1v) is 13.4. The van der Waals surface area contributed by atoms with Gasteiger partial charge >= 0.3 is 0 Å². The molecule has 7 nitrogen and oxygen atoms in total. The van der Waals surface area contributed by atoms with Crippen molar-refractivity contribution in [2.75, 3.05) is 6.61 Å². The van der Waals surface area contributed by atoms with Crippen LogP contribution in [-0.4, -0.2) is 61.5 Å². The molecule has 8 heteroatoms. The van der Waals surface area contributed by atoms with Crippen LogP contribution in [0.15, 0.2) is 30.3 Å². The molecule has 3 saturated heterocycles. The van der Waals surface area contributed by atoms with Crippen molar-refractivity contribution in [3.63, 3.8) is 0 Å². The first-order valence-electron chi connectivity index (χ1n) is 12.6. The molecule has 0 aromatic heterocycles. The zero-order valence-electron chi connectivity index (χ0n) is 21.6. The molecule has 1 spiro atoms. The Balaban J connectivity index is 1.71. The summed E-state index contributed by atoms with van der Waals surface area (Å²) in [5, 5.41) is 16.4. The van der Waals surface area contributed by atoms with Crippen molar-refractivity contribution < 1.29 is 19.5 Å². The van der Waals surface area contributed by atoms with Crippen LogP contribution in [0.3, 0.4) is 0 Å². The number of carbonyl (C=O) groups excluding carboxylic acids is 3. The van der Waals surface area contributed by atoms with Crippen LogP contribution in [0, 0.1) is 17.8 Å². The normalized spacial score (nSPS) is 32.6. The molecular formula is C27H39N3O4S. The summed E-state index contributed by atoms with van der Waals surface area (Å²) < 4.78 is -1.10. The van der Waals surface area contributed by atoms with E-state index in [1.807, 2.05) is 65.0 Å². The Hall–Kier alpha value is -2.06. The number of aliphatic hydroxyl groups excluding tert-OH is 1. The zero-order valence-corrected chi connectivity index (χ0v) is 22.4. The number of nitrogens with one attached hydrogen (secondary N) is 2. The predicted octanol–water partition coefficient (Wildman–Crippen LogP) is 2.72. The fraction of sp³-hybridized carbons (Fsp3) is 0.667. The highest BCUT2D eigenvalue weighted by Crippen LogP contribution is 2.71. The average Bonchev–Trinajstić information content (AvgIpc) is 3.33. The minimum Gasteiger partial charge on any atom is -0.394 e. The van der Waals surface area contributed by atoms with E-state index >= 15 is 0 Å². The highest BCUT2D eigenvalue weighted by atomic mass is 32.2. The van der Waals surface area contributed by atoms with Crippen LogP contribution < -0.4 is 10.6 Å². The van der Waals surface area contributed by atoms with Gasteiger partial charge in [-0.25, -0.2) is 0 Å². The second kappa shape index (κ2) is 9.11. The predicted molar refractivity (Wildman–Crippen MR) is 137 cm³/mol. The van der Waals surface area contributed by atoms with Gasteiger partial charge in [-0.05, 0) is 52.0 Å². The molecule has 192 valence electrons. The first-order chi connectivity index (χ1) is 16.3. The van der Waals surface area contributed by atoms with Gasteiger partial charge in [-0.3, -0.25) is 14.4 Å². The molecule has 1 aromatic rings. The lowest BCUT2D eigenvalue weighted by Crippen LogP contribution is -2.60. The van der Waals surface area contributed by atoms with Crippen LogP contribution in [0.2, 0.25) is 0 Å². The fourth-order valence-corrected chi connectivity index (χ4v) is 8.72. The van der Waals surface area contributed by atoms with Crippen molar-refractivity contribution in [1.82, 2.24) is 15.5 Å². The topological polar surface area (TPSA) is 98.7 Å². The number of rotatable bonds is 7. The maximum atomic E-state index is 14.1. The third kappa shape index (κ3) is 4.37. The third-order valence-electron chi connectivity index (χ3n) is 7.87. The van der Waals surface area contributed by atoms with E-state index in [0.29, 0.717) is 13.0 Å². The SMILES string of the molecule is CC(C)[C@H](CO)N1C(=O)[C@@H]2[C@@H](C(=O)NCc3ccccc3)[C@@]3(C)CCC2(S3)C1C(=O)NC(C)(C)C. The van der Waals surface area contributed by atoms with Crippen molar-refractivity contribution in [2.24, 2.45) is 17.8 Å². The summed E-state index contributed by atoms with van der Waals surface area (Å²) in [5.74, 6) is -1.67. The van der Waals surface area contributed by atoms with E-state index in [-0.39, 0.29) is 30.2 Å². The van der Waals surface area contributed by atoms with Gasteiger partial charge in [0.25, 0.3) is 0 Å². The number of likely N-dealkylation sites (tertiary alicyclic amines) is 1. The van der Waals surface area contributed by atoms with Gasteiger partial charge in [-0.2, -0.15) is 0 Å². The molecule has 2 unspecified atom stereocenters. The van der Waals surface area contributed by atoms with Gasteiger partial charge in [0.05, 0.1) is 29.2 Å². The number of aliphatic hydroxyl groups is 1. The number of benzene rings is 1. The Labute approximate surface area is 212 Å². The molecule has 3 N–H and O–H groups in total. The molecule has 35 heavy (non-hydrogen) atoms. The molecular weight excluding hydrogens is 462 g/mol. The largest absolute Gasteiger partial charge is 0.394 e. The standard InChI is InChI=1S/C27H39N3O4S/c1-16(2)18(15-31)30-21(23(33)29-25(3,4)5)27-13-12-26(6,35-27)19(20(27)24(30)34)22(32)28-14-17-10-8-7-9-11-17/h7-11,16,18-21,31H,12-15H2,1-6H3,(H,28,32)(H,29,33)/t18-,19-,20-,21?,26+,27?/m0/s1. The molecule has 0 aliphatic carbocycles. The van der Waals surface area contributed by atoms with E-state index in [4.69, 9.17) is 0 Å². The summed E-state index contributed by atoms with van der Waals surface area (Å²) >= 11 is 1.65. The molecule has 3 heterocycles. The van der Waals surface area contributed by atoms with E-state index < -0.39 is 39.0 Å². The van der Waals surface area contributed by atoms with Crippen molar-refractivity contribution >= 4 is 29.5 Å². The Bertz CT molecular complexity index is 994. The number of nitrogens with zero attached hydrogens (tertiary/aromatic N) is 1.